The molecule has 1 saturated heterocycles. The minimum atomic E-state index is -0.503. The third kappa shape index (κ3) is 2.12. The minimum absolute atomic E-state index is 0.0426. The zero-order chi connectivity index (χ0) is 14.8. The highest BCUT2D eigenvalue weighted by Crippen LogP contribution is 2.42. The lowest BCUT2D eigenvalue weighted by molar-refractivity contribution is -0.139. The van der Waals surface area contributed by atoms with Gasteiger partial charge in [0, 0.05) is 0 Å². The molecule has 4 rings (SSSR count). The molecule has 0 bridgehead atoms. The molecule has 0 aromatic carbocycles. The van der Waals surface area contributed by atoms with E-state index in [4.69, 9.17) is 20.9 Å². The molecule has 4 heterocycles. The Morgan fingerprint density at radius 3 is 2.24 bits per heavy atom. The predicted molar refractivity (Wildman–Crippen MR) is 88.9 cm³/mol. The molecule has 0 spiro atoms. The molecule has 0 amide bonds. The Morgan fingerprint density at radius 2 is 1.76 bits per heavy atom. The Morgan fingerprint density at radius 1 is 1.19 bits per heavy atom. The van der Waals surface area contributed by atoms with Crippen molar-refractivity contribution in [3.8, 4) is 0 Å². The fourth-order valence-corrected chi connectivity index (χ4v) is 4.91. The van der Waals surface area contributed by atoms with E-state index in [1.54, 1.807) is 22.7 Å². The van der Waals surface area contributed by atoms with Crippen molar-refractivity contribution in [3.63, 3.8) is 0 Å². The van der Waals surface area contributed by atoms with Crippen LogP contribution in [0.15, 0.2) is 12.1 Å². The average molecular weight is 323 g/mol. The molecule has 0 saturated carbocycles. The molecule has 1 fully saturated rings. The van der Waals surface area contributed by atoms with Crippen LogP contribution < -0.4 is 11.5 Å². The monoisotopic (exact) mass is 323 g/mol. The topological polar surface area (TPSA) is 75.4 Å². The number of hydrogen-bond donors (Lipinski definition) is 2. The van der Waals surface area contributed by atoms with Gasteiger partial charge >= 0.3 is 0 Å². The molecule has 112 valence electrons. The van der Waals surface area contributed by atoms with Crippen LogP contribution in [-0.2, 0) is 16.0 Å². The van der Waals surface area contributed by atoms with Gasteiger partial charge in [0.25, 0.3) is 0 Å². The number of anilines is 2. The summed E-state index contributed by atoms with van der Waals surface area (Å²) in [6, 6.07) is 4.06. The SMILES string of the molecule is CC1(C)OCC(Cn2c3cc(N)sc3c3sc(N)cc32)O1. The normalized spacial score (nSPS) is 21.7. The van der Waals surface area contributed by atoms with Gasteiger partial charge in [0.05, 0.1) is 43.6 Å². The summed E-state index contributed by atoms with van der Waals surface area (Å²) in [6.45, 7) is 5.24. The molecule has 3 aromatic heterocycles. The third-order valence-electron chi connectivity index (χ3n) is 3.70. The lowest BCUT2D eigenvalue weighted by Gasteiger charge is -2.17. The second kappa shape index (κ2) is 4.36. The van der Waals surface area contributed by atoms with Gasteiger partial charge in [-0.25, -0.2) is 0 Å². The van der Waals surface area contributed by atoms with Crippen molar-refractivity contribution in [2.75, 3.05) is 18.1 Å². The average Bonchev–Trinajstić information content (AvgIpc) is 3.07. The van der Waals surface area contributed by atoms with E-state index >= 15 is 0 Å². The lowest BCUT2D eigenvalue weighted by Crippen LogP contribution is -2.24. The molecule has 0 radical (unpaired) electrons. The number of nitrogens with two attached hydrogens (primary N) is 2. The first-order valence-electron chi connectivity index (χ1n) is 6.81. The summed E-state index contributed by atoms with van der Waals surface area (Å²) in [5.41, 5.74) is 14.3. The van der Waals surface area contributed by atoms with E-state index < -0.39 is 5.79 Å². The Balaban J connectivity index is 1.81. The summed E-state index contributed by atoms with van der Waals surface area (Å²) in [7, 11) is 0. The second-order valence-electron chi connectivity index (χ2n) is 5.79. The van der Waals surface area contributed by atoms with Gasteiger partial charge in [-0.05, 0) is 26.0 Å². The van der Waals surface area contributed by atoms with E-state index in [1.165, 1.54) is 9.40 Å². The van der Waals surface area contributed by atoms with E-state index in [9.17, 15) is 0 Å². The number of hydrogen-bond acceptors (Lipinski definition) is 6. The highest BCUT2D eigenvalue weighted by atomic mass is 32.1. The number of rotatable bonds is 2. The van der Waals surface area contributed by atoms with Gasteiger partial charge in [-0.15, -0.1) is 22.7 Å². The van der Waals surface area contributed by atoms with Crippen LogP contribution in [0.3, 0.4) is 0 Å². The van der Waals surface area contributed by atoms with Crippen LogP contribution in [0.4, 0.5) is 10.0 Å². The summed E-state index contributed by atoms with van der Waals surface area (Å²) >= 11 is 3.23. The molecule has 1 aliphatic heterocycles. The van der Waals surface area contributed by atoms with Crippen LogP contribution in [0.25, 0.3) is 20.4 Å². The summed E-state index contributed by atoms with van der Waals surface area (Å²) in [5, 5.41) is 1.65. The van der Waals surface area contributed by atoms with E-state index in [0.29, 0.717) is 6.61 Å². The van der Waals surface area contributed by atoms with Gasteiger partial charge in [-0.2, -0.15) is 0 Å². The van der Waals surface area contributed by atoms with Crippen LogP contribution in [0.5, 0.6) is 0 Å². The first-order chi connectivity index (χ1) is 9.93. The van der Waals surface area contributed by atoms with E-state index in [-0.39, 0.29) is 6.10 Å². The molecule has 1 unspecified atom stereocenters. The molecular weight excluding hydrogens is 306 g/mol. The maximum Gasteiger partial charge on any atom is 0.163 e. The van der Waals surface area contributed by atoms with Gasteiger partial charge in [0.1, 0.15) is 6.10 Å². The van der Waals surface area contributed by atoms with Gasteiger partial charge in [-0.3, -0.25) is 0 Å². The zero-order valence-electron chi connectivity index (χ0n) is 11.9. The van der Waals surface area contributed by atoms with Crippen LogP contribution in [0.1, 0.15) is 13.8 Å². The quantitative estimate of drug-likeness (QED) is 0.759. The number of nitrogen functional groups attached to an aromatic ring is 2. The smallest absolute Gasteiger partial charge is 0.163 e. The van der Waals surface area contributed by atoms with Crippen molar-refractivity contribution in [3.05, 3.63) is 12.1 Å². The maximum absolute atomic E-state index is 5.98. The maximum atomic E-state index is 5.98. The molecule has 7 heteroatoms. The van der Waals surface area contributed by atoms with E-state index in [0.717, 1.165) is 27.6 Å². The largest absolute Gasteiger partial charge is 0.391 e. The summed E-state index contributed by atoms with van der Waals surface area (Å²) in [6.07, 6.45) is 0.0426. The third-order valence-corrected chi connectivity index (χ3v) is 5.78. The second-order valence-corrected chi connectivity index (χ2v) is 7.96. The van der Waals surface area contributed by atoms with Gasteiger partial charge < -0.3 is 25.5 Å². The van der Waals surface area contributed by atoms with Gasteiger partial charge in [0.2, 0.25) is 0 Å². The van der Waals surface area contributed by atoms with E-state index in [2.05, 4.69) is 4.57 Å². The molecule has 3 aromatic rings. The van der Waals surface area contributed by atoms with Crippen molar-refractivity contribution in [2.24, 2.45) is 0 Å². The van der Waals surface area contributed by atoms with E-state index in [1.807, 2.05) is 26.0 Å². The van der Waals surface area contributed by atoms with Gasteiger partial charge in [0.15, 0.2) is 5.79 Å². The highest BCUT2D eigenvalue weighted by Gasteiger charge is 2.33. The predicted octanol–water partition coefficient (Wildman–Crippen LogP) is 3.23. The first-order valence-corrected chi connectivity index (χ1v) is 8.44. The number of nitrogens with zero attached hydrogens (tertiary/aromatic N) is 1. The Kier molecular flexibility index (Phi) is 2.78. The molecule has 1 aliphatic rings. The van der Waals surface area contributed by atoms with Crippen LogP contribution in [0, 0.1) is 0 Å². The van der Waals surface area contributed by atoms with Crippen molar-refractivity contribution < 1.29 is 9.47 Å². The standard InChI is InChI=1S/C14H17N3O2S2/c1-14(2)18-6-7(19-14)5-17-8-3-10(15)20-12(8)13-9(17)4-11(16)21-13/h3-4,7H,5-6,15-16H2,1-2H3. The van der Waals surface area contributed by atoms with Gasteiger partial charge in [-0.1, -0.05) is 0 Å². The number of thiophene rings is 2. The first kappa shape index (κ1) is 13.4. The number of aromatic nitrogens is 1. The van der Waals surface area contributed by atoms with Crippen molar-refractivity contribution in [1.29, 1.82) is 0 Å². The van der Waals surface area contributed by atoms with Crippen molar-refractivity contribution >= 4 is 53.1 Å². The molecule has 5 nitrogen and oxygen atoms in total. The van der Waals surface area contributed by atoms with Crippen molar-refractivity contribution in [2.45, 2.75) is 32.3 Å². The summed E-state index contributed by atoms with van der Waals surface area (Å²) < 4.78 is 16.3. The number of ether oxygens (including phenoxy) is 2. The fourth-order valence-electron chi connectivity index (χ4n) is 2.91. The molecule has 1 atom stereocenters. The Hall–Kier alpha value is -1.28. The fraction of sp³-hybridized carbons (Fsp3) is 0.429. The minimum Gasteiger partial charge on any atom is -0.391 e. The molecule has 0 aliphatic carbocycles. The summed E-state index contributed by atoms with van der Waals surface area (Å²) in [5.74, 6) is -0.503. The molecule has 4 N–H and O–H groups in total. The Bertz CT molecular complexity index is 776. The van der Waals surface area contributed by atoms with Crippen molar-refractivity contribution in [1.82, 2.24) is 4.57 Å². The highest BCUT2D eigenvalue weighted by molar-refractivity contribution is 7.30. The zero-order valence-corrected chi connectivity index (χ0v) is 13.5. The Labute approximate surface area is 130 Å². The lowest BCUT2D eigenvalue weighted by atomic mass is 10.3. The van der Waals surface area contributed by atoms with Crippen LogP contribution >= 0.6 is 22.7 Å². The van der Waals surface area contributed by atoms with Crippen LogP contribution in [-0.4, -0.2) is 23.1 Å². The summed E-state index contributed by atoms with van der Waals surface area (Å²) in [4.78, 5) is 0. The number of fused-ring (bicyclic) bond motifs is 3. The molecule has 21 heavy (non-hydrogen) atoms. The molecular formula is C14H17N3O2S2. The van der Waals surface area contributed by atoms with Crippen LogP contribution in [0.2, 0.25) is 0 Å².